The third kappa shape index (κ3) is 2.29. The number of aliphatic hydroxyl groups is 1. The lowest BCUT2D eigenvalue weighted by molar-refractivity contribution is 0.297. The Bertz CT molecular complexity index is 263. The molecule has 0 saturated heterocycles. The Kier molecular flexibility index (Phi) is 3.69. The van der Waals surface area contributed by atoms with Crippen molar-refractivity contribution in [3.63, 3.8) is 0 Å². The van der Waals surface area contributed by atoms with Gasteiger partial charge in [-0.3, -0.25) is 0 Å². The Morgan fingerprint density at radius 1 is 1.42 bits per heavy atom. The third-order valence-electron chi connectivity index (χ3n) is 1.65. The molecule has 1 aromatic carbocycles. The van der Waals surface area contributed by atoms with Gasteiger partial charge in [0.15, 0.2) is 0 Å². The van der Waals surface area contributed by atoms with Crippen LogP contribution in [0.4, 0.5) is 4.39 Å². The van der Waals surface area contributed by atoms with Gasteiger partial charge in [-0.1, -0.05) is 28.1 Å². The lowest BCUT2D eigenvalue weighted by Crippen LogP contribution is -1.95. The first-order valence-corrected chi connectivity index (χ1v) is 4.84. The van der Waals surface area contributed by atoms with E-state index < -0.39 is 0 Å². The minimum Gasteiger partial charge on any atom is -0.396 e. The molecule has 1 nitrogen and oxygen atoms in total. The molecular weight excluding hydrogens is 223 g/mol. The van der Waals surface area contributed by atoms with Gasteiger partial charge in [-0.2, -0.15) is 0 Å². The van der Waals surface area contributed by atoms with Crippen molar-refractivity contribution in [1.29, 1.82) is 0 Å². The maximum Gasteiger partial charge on any atom is 0.126 e. The minimum absolute atomic E-state index is 0.0113. The van der Waals surface area contributed by atoms with E-state index in [1.54, 1.807) is 12.1 Å². The van der Waals surface area contributed by atoms with Gasteiger partial charge in [-0.15, -0.1) is 0 Å². The Morgan fingerprint density at radius 3 is 2.75 bits per heavy atom. The highest BCUT2D eigenvalue weighted by Crippen LogP contribution is 2.13. The van der Waals surface area contributed by atoms with Crippen LogP contribution in [0.25, 0.3) is 0 Å². The zero-order valence-corrected chi connectivity index (χ0v) is 8.14. The van der Waals surface area contributed by atoms with E-state index in [0.717, 1.165) is 5.56 Å². The van der Waals surface area contributed by atoms with Gasteiger partial charge < -0.3 is 5.11 Å². The summed E-state index contributed by atoms with van der Waals surface area (Å²) in [5.74, 6) is -0.242. The fraction of sp³-hybridized carbons (Fsp3) is 0.333. The zero-order valence-electron chi connectivity index (χ0n) is 6.56. The quantitative estimate of drug-likeness (QED) is 0.794. The summed E-state index contributed by atoms with van der Waals surface area (Å²) in [4.78, 5) is 0. The molecule has 0 amide bonds. The van der Waals surface area contributed by atoms with Crippen molar-refractivity contribution >= 4 is 15.9 Å². The summed E-state index contributed by atoms with van der Waals surface area (Å²) < 4.78 is 13.0. The van der Waals surface area contributed by atoms with Gasteiger partial charge in [0.25, 0.3) is 0 Å². The topological polar surface area (TPSA) is 20.2 Å². The molecule has 0 bridgehead atoms. The number of aliphatic hydroxyl groups excluding tert-OH is 1. The van der Waals surface area contributed by atoms with Crippen molar-refractivity contribution < 1.29 is 9.50 Å². The molecule has 0 atom stereocenters. The van der Waals surface area contributed by atoms with Gasteiger partial charge in [0.05, 0.1) is 0 Å². The van der Waals surface area contributed by atoms with E-state index in [-0.39, 0.29) is 12.4 Å². The fourth-order valence-electron chi connectivity index (χ4n) is 1.02. The van der Waals surface area contributed by atoms with Crippen LogP contribution in [0.2, 0.25) is 0 Å². The number of alkyl halides is 1. The van der Waals surface area contributed by atoms with Crippen molar-refractivity contribution in [2.24, 2.45) is 0 Å². The number of benzene rings is 1. The molecule has 0 aliphatic heterocycles. The molecule has 0 unspecified atom stereocenters. The Balaban J connectivity index is 2.91. The summed E-state index contributed by atoms with van der Waals surface area (Å²) in [5.41, 5.74) is 1.61. The summed E-state index contributed by atoms with van der Waals surface area (Å²) in [6.07, 6.45) is 0.382. The average molecular weight is 233 g/mol. The summed E-state index contributed by atoms with van der Waals surface area (Å²) in [6, 6.07) is 4.92. The van der Waals surface area contributed by atoms with Gasteiger partial charge in [0.1, 0.15) is 5.82 Å². The van der Waals surface area contributed by atoms with E-state index in [4.69, 9.17) is 5.11 Å². The first-order chi connectivity index (χ1) is 5.77. The summed E-state index contributed by atoms with van der Waals surface area (Å²) in [6.45, 7) is -0.0113. The lowest BCUT2D eigenvalue weighted by atomic mass is 10.1. The maximum atomic E-state index is 13.0. The van der Waals surface area contributed by atoms with Crippen LogP contribution in [0, 0.1) is 5.82 Å². The molecule has 0 heterocycles. The summed E-state index contributed by atoms with van der Waals surface area (Å²) in [5, 5.41) is 9.34. The van der Waals surface area contributed by atoms with E-state index in [1.807, 2.05) is 0 Å². The van der Waals surface area contributed by atoms with Crippen LogP contribution in [-0.4, -0.2) is 11.7 Å². The smallest absolute Gasteiger partial charge is 0.126 e. The highest BCUT2D eigenvalue weighted by Gasteiger charge is 2.01. The average Bonchev–Trinajstić information content (AvgIpc) is 2.09. The molecule has 12 heavy (non-hydrogen) atoms. The van der Waals surface area contributed by atoms with Gasteiger partial charge in [0.2, 0.25) is 0 Å². The van der Waals surface area contributed by atoms with Crippen LogP contribution in [0.1, 0.15) is 11.1 Å². The number of rotatable bonds is 3. The van der Waals surface area contributed by atoms with Crippen LogP contribution in [-0.2, 0) is 11.8 Å². The van der Waals surface area contributed by atoms with Gasteiger partial charge >= 0.3 is 0 Å². The normalized spacial score (nSPS) is 10.2. The van der Waals surface area contributed by atoms with Crippen LogP contribution in [0.5, 0.6) is 0 Å². The highest BCUT2D eigenvalue weighted by atomic mass is 79.9. The molecule has 3 heteroatoms. The summed E-state index contributed by atoms with van der Waals surface area (Å²) in [7, 11) is 0. The minimum atomic E-state index is -0.242. The molecule has 0 spiro atoms. The molecular formula is C9H10BrFO. The summed E-state index contributed by atoms with van der Waals surface area (Å²) >= 11 is 3.28. The molecule has 0 aliphatic carbocycles. The first-order valence-electron chi connectivity index (χ1n) is 3.72. The van der Waals surface area contributed by atoms with E-state index in [1.165, 1.54) is 6.07 Å². The Labute approximate surface area is 79.4 Å². The third-order valence-corrected chi connectivity index (χ3v) is 2.29. The van der Waals surface area contributed by atoms with Gasteiger partial charge in [0, 0.05) is 11.9 Å². The molecule has 0 aromatic heterocycles. The van der Waals surface area contributed by atoms with Crippen molar-refractivity contribution in [3.05, 3.63) is 35.1 Å². The fourth-order valence-corrected chi connectivity index (χ4v) is 1.37. The van der Waals surface area contributed by atoms with Crippen LogP contribution < -0.4 is 0 Å². The Hall–Kier alpha value is -0.410. The zero-order chi connectivity index (χ0) is 8.97. The van der Waals surface area contributed by atoms with Crippen molar-refractivity contribution in [1.82, 2.24) is 0 Å². The van der Waals surface area contributed by atoms with E-state index >= 15 is 0 Å². The van der Waals surface area contributed by atoms with Crippen molar-refractivity contribution in [2.45, 2.75) is 11.8 Å². The van der Waals surface area contributed by atoms with Crippen LogP contribution >= 0.6 is 15.9 Å². The first kappa shape index (κ1) is 9.68. The highest BCUT2D eigenvalue weighted by molar-refractivity contribution is 9.08. The van der Waals surface area contributed by atoms with E-state index in [0.29, 0.717) is 17.3 Å². The molecule has 66 valence electrons. The molecule has 1 N–H and O–H groups in total. The standard InChI is InChI=1S/C9H10BrFO/c10-6-7-1-2-9(11)8(5-7)3-4-12/h1-2,5,12H,3-4,6H2. The predicted molar refractivity (Wildman–Crippen MR) is 49.8 cm³/mol. The second kappa shape index (κ2) is 4.58. The monoisotopic (exact) mass is 232 g/mol. The molecule has 0 saturated carbocycles. The van der Waals surface area contributed by atoms with E-state index in [9.17, 15) is 4.39 Å². The Morgan fingerprint density at radius 2 is 2.17 bits per heavy atom. The largest absolute Gasteiger partial charge is 0.396 e. The molecule has 0 aliphatic rings. The second-order valence-corrected chi connectivity index (χ2v) is 3.09. The molecule has 1 rings (SSSR count). The van der Waals surface area contributed by atoms with Crippen molar-refractivity contribution in [3.8, 4) is 0 Å². The molecule has 1 aromatic rings. The predicted octanol–water partition coefficient (Wildman–Crippen LogP) is 2.26. The van der Waals surface area contributed by atoms with Crippen molar-refractivity contribution in [2.75, 3.05) is 6.61 Å². The number of halogens is 2. The van der Waals surface area contributed by atoms with E-state index in [2.05, 4.69) is 15.9 Å². The molecule has 0 fully saturated rings. The van der Waals surface area contributed by atoms with Crippen LogP contribution in [0.3, 0.4) is 0 Å². The maximum absolute atomic E-state index is 13.0. The van der Waals surface area contributed by atoms with Gasteiger partial charge in [-0.05, 0) is 23.6 Å². The SMILES string of the molecule is OCCc1cc(CBr)ccc1F. The molecule has 0 radical (unpaired) electrons. The number of hydrogen-bond acceptors (Lipinski definition) is 1. The van der Waals surface area contributed by atoms with Crippen LogP contribution in [0.15, 0.2) is 18.2 Å². The second-order valence-electron chi connectivity index (χ2n) is 2.53. The van der Waals surface area contributed by atoms with Gasteiger partial charge in [-0.25, -0.2) is 4.39 Å². The number of hydrogen-bond donors (Lipinski definition) is 1. The lowest BCUT2D eigenvalue weighted by Gasteiger charge is -2.02.